The first-order chi connectivity index (χ1) is 11.2. The van der Waals surface area contributed by atoms with Gasteiger partial charge < -0.3 is 10.1 Å². The lowest BCUT2D eigenvalue weighted by atomic mass is 10.0. The van der Waals surface area contributed by atoms with E-state index in [2.05, 4.69) is 16.2 Å². The van der Waals surface area contributed by atoms with Crippen molar-refractivity contribution in [1.29, 1.82) is 0 Å². The summed E-state index contributed by atoms with van der Waals surface area (Å²) >= 11 is 5.93. The Labute approximate surface area is 140 Å². The van der Waals surface area contributed by atoms with Crippen LogP contribution in [0, 0.1) is 0 Å². The minimum atomic E-state index is -0.315. The Kier molecular flexibility index (Phi) is 4.81. The third-order valence-electron chi connectivity index (χ3n) is 3.81. The Morgan fingerprint density at radius 2 is 2.04 bits per heavy atom. The van der Waals surface area contributed by atoms with Crippen molar-refractivity contribution in [2.24, 2.45) is 0 Å². The average molecular weight is 332 g/mol. The van der Waals surface area contributed by atoms with Crippen LogP contribution >= 0.6 is 11.6 Å². The molecule has 2 aromatic rings. The third-order valence-corrected chi connectivity index (χ3v) is 4.04. The fourth-order valence-corrected chi connectivity index (χ4v) is 2.79. The maximum absolute atomic E-state index is 12.3. The zero-order valence-corrected chi connectivity index (χ0v) is 13.4. The summed E-state index contributed by atoms with van der Waals surface area (Å²) in [4.78, 5) is 12.3. The lowest BCUT2D eigenvalue weighted by Crippen LogP contribution is -2.39. The van der Waals surface area contributed by atoms with Crippen LogP contribution in [0.15, 0.2) is 48.5 Å². The van der Waals surface area contributed by atoms with Gasteiger partial charge in [0.05, 0.1) is 7.11 Å². The highest BCUT2D eigenvalue weighted by atomic mass is 35.5. The van der Waals surface area contributed by atoms with Gasteiger partial charge in [-0.1, -0.05) is 29.8 Å². The molecule has 1 saturated heterocycles. The second-order valence-corrected chi connectivity index (χ2v) is 5.84. The molecule has 1 fully saturated rings. The van der Waals surface area contributed by atoms with Gasteiger partial charge in [-0.3, -0.25) is 4.79 Å². The topological polar surface area (TPSA) is 62.4 Å². The van der Waals surface area contributed by atoms with Gasteiger partial charge in [0.15, 0.2) is 0 Å². The second kappa shape index (κ2) is 7.00. The highest BCUT2D eigenvalue weighted by Crippen LogP contribution is 2.26. The molecule has 2 aromatic carbocycles. The van der Waals surface area contributed by atoms with Gasteiger partial charge in [-0.2, -0.15) is 0 Å². The zero-order valence-electron chi connectivity index (χ0n) is 12.7. The number of carbonyl (C=O) groups excluding carboxylic acids is 1. The number of methoxy groups -OCH3 is 1. The van der Waals surface area contributed by atoms with Crippen molar-refractivity contribution < 1.29 is 9.53 Å². The van der Waals surface area contributed by atoms with Gasteiger partial charge in [0, 0.05) is 16.8 Å². The largest absolute Gasteiger partial charge is 0.497 e. The Morgan fingerprint density at radius 3 is 2.83 bits per heavy atom. The Hall–Kier alpha value is -2.08. The summed E-state index contributed by atoms with van der Waals surface area (Å²) in [5.41, 5.74) is 7.97. The molecule has 0 saturated carbocycles. The van der Waals surface area contributed by atoms with Crippen LogP contribution in [0.1, 0.15) is 18.0 Å². The van der Waals surface area contributed by atoms with Crippen molar-refractivity contribution in [2.45, 2.75) is 18.5 Å². The molecule has 0 radical (unpaired) electrons. The number of carbonyl (C=O) groups is 1. The zero-order chi connectivity index (χ0) is 16.2. The molecular formula is C17H18ClN3O2. The van der Waals surface area contributed by atoms with E-state index in [1.807, 2.05) is 30.3 Å². The molecule has 3 N–H and O–H groups in total. The molecule has 1 heterocycles. The maximum Gasteiger partial charge on any atom is 0.242 e. The number of amides is 1. The van der Waals surface area contributed by atoms with E-state index in [9.17, 15) is 4.79 Å². The van der Waals surface area contributed by atoms with Crippen molar-refractivity contribution >= 4 is 23.2 Å². The molecule has 1 aliphatic heterocycles. The summed E-state index contributed by atoms with van der Waals surface area (Å²) in [7, 11) is 1.64. The van der Waals surface area contributed by atoms with Crippen LogP contribution in [-0.4, -0.2) is 19.1 Å². The third kappa shape index (κ3) is 3.82. The maximum atomic E-state index is 12.3. The molecule has 1 amide bonds. The summed E-state index contributed by atoms with van der Waals surface area (Å²) < 4.78 is 5.24. The molecule has 2 atom stereocenters. The molecule has 23 heavy (non-hydrogen) atoms. The van der Waals surface area contributed by atoms with Crippen LogP contribution < -0.4 is 20.9 Å². The van der Waals surface area contributed by atoms with Gasteiger partial charge in [0.1, 0.15) is 11.8 Å². The fraction of sp³-hybridized carbons (Fsp3) is 0.235. The van der Waals surface area contributed by atoms with E-state index < -0.39 is 0 Å². The summed E-state index contributed by atoms with van der Waals surface area (Å²) in [6, 6.07) is 14.7. The molecular weight excluding hydrogens is 314 g/mol. The van der Waals surface area contributed by atoms with Crippen molar-refractivity contribution in [1.82, 2.24) is 10.9 Å². The molecule has 1 aliphatic rings. The van der Waals surface area contributed by atoms with Crippen LogP contribution in [0.4, 0.5) is 5.69 Å². The van der Waals surface area contributed by atoms with Gasteiger partial charge in [0.25, 0.3) is 0 Å². The first-order valence-electron chi connectivity index (χ1n) is 7.37. The molecule has 6 heteroatoms. The van der Waals surface area contributed by atoms with Crippen molar-refractivity contribution in [3.8, 4) is 5.75 Å². The Balaban J connectivity index is 1.63. The minimum absolute atomic E-state index is 0.0558. The fourth-order valence-electron chi connectivity index (χ4n) is 2.60. The predicted octanol–water partition coefficient (Wildman–Crippen LogP) is 2.89. The Morgan fingerprint density at radius 1 is 1.22 bits per heavy atom. The van der Waals surface area contributed by atoms with Crippen LogP contribution in [-0.2, 0) is 4.79 Å². The lowest BCUT2D eigenvalue weighted by Gasteiger charge is -2.11. The molecule has 0 aliphatic carbocycles. The number of hydrogen-bond donors (Lipinski definition) is 3. The highest BCUT2D eigenvalue weighted by Gasteiger charge is 2.30. The van der Waals surface area contributed by atoms with E-state index in [1.54, 1.807) is 25.3 Å². The standard InChI is InChI=1S/C17H18ClN3O2/c1-23-14-7-2-4-11(8-14)15-10-16(21-20-15)17(22)19-13-6-3-5-12(18)9-13/h2-9,15-16,20-21H,10H2,1H3,(H,19,22). The van der Waals surface area contributed by atoms with Gasteiger partial charge in [0.2, 0.25) is 5.91 Å². The number of nitrogens with one attached hydrogen (secondary N) is 3. The van der Waals surface area contributed by atoms with Crippen LogP contribution in [0.5, 0.6) is 5.75 Å². The molecule has 2 unspecified atom stereocenters. The highest BCUT2D eigenvalue weighted by molar-refractivity contribution is 6.30. The van der Waals surface area contributed by atoms with Crippen LogP contribution in [0.2, 0.25) is 5.02 Å². The van der Waals surface area contributed by atoms with Gasteiger partial charge in [-0.05, 0) is 42.3 Å². The number of halogens is 1. The number of rotatable bonds is 4. The van der Waals surface area contributed by atoms with E-state index >= 15 is 0 Å². The molecule has 0 bridgehead atoms. The molecule has 0 spiro atoms. The molecule has 5 nitrogen and oxygen atoms in total. The predicted molar refractivity (Wildman–Crippen MR) is 90.5 cm³/mol. The quantitative estimate of drug-likeness (QED) is 0.806. The number of anilines is 1. The Bertz CT molecular complexity index is 708. The number of hydrazine groups is 1. The summed E-state index contributed by atoms with van der Waals surface area (Å²) in [5.74, 6) is 0.710. The average Bonchev–Trinajstić information content (AvgIpc) is 3.05. The number of benzene rings is 2. The lowest BCUT2D eigenvalue weighted by molar-refractivity contribution is -0.117. The first-order valence-corrected chi connectivity index (χ1v) is 7.75. The van der Waals surface area contributed by atoms with E-state index in [0.29, 0.717) is 17.1 Å². The van der Waals surface area contributed by atoms with E-state index in [1.165, 1.54) is 0 Å². The van der Waals surface area contributed by atoms with Gasteiger partial charge in [-0.15, -0.1) is 0 Å². The molecule has 120 valence electrons. The number of ether oxygens (including phenoxy) is 1. The van der Waals surface area contributed by atoms with Crippen LogP contribution in [0.25, 0.3) is 0 Å². The minimum Gasteiger partial charge on any atom is -0.497 e. The molecule has 0 aromatic heterocycles. The number of hydrogen-bond acceptors (Lipinski definition) is 4. The van der Waals surface area contributed by atoms with Gasteiger partial charge in [-0.25, -0.2) is 10.9 Å². The second-order valence-electron chi connectivity index (χ2n) is 5.41. The summed E-state index contributed by atoms with van der Waals surface area (Å²) in [5, 5.41) is 3.46. The monoisotopic (exact) mass is 331 g/mol. The van der Waals surface area contributed by atoms with E-state index in [0.717, 1.165) is 11.3 Å². The normalized spacial score (nSPS) is 20.3. The van der Waals surface area contributed by atoms with E-state index in [4.69, 9.17) is 16.3 Å². The van der Waals surface area contributed by atoms with Crippen molar-refractivity contribution in [3.05, 3.63) is 59.1 Å². The van der Waals surface area contributed by atoms with Crippen molar-refractivity contribution in [2.75, 3.05) is 12.4 Å². The summed E-state index contributed by atoms with van der Waals surface area (Å²) in [6.07, 6.45) is 0.652. The first kappa shape index (κ1) is 15.8. The smallest absolute Gasteiger partial charge is 0.242 e. The van der Waals surface area contributed by atoms with Crippen molar-refractivity contribution in [3.63, 3.8) is 0 Å². The van der Waals surface area contributed by atoms with E-state index in [-0.39, 0.29) is 18.0 Å². The summed E-state index contributed by atoms with van der Waals surface area (Å²) in [6.45, 7) is 0. The van der Waals surface area contributed by atoms with Crippen LogP contribution in [0.3, 0.4) is 0 Å². The van der Waals surface area contributed by atoms with Gasteiger partial charge >= 0.3 is 0 Å². The SMILES string of the molecule is COc1cccc(C2CC(C(=O)Nc3cccc(Cl)c3)NN2)c1. The molecule has 3 rings (SSSR count).